The normalized spacial score (nSPS) is 10.0. The maximum atomic E-state index is 11.0. The molecule has 8 heteroatoms. The van der Waals surface area contributed by atoms with Crippen LogP contribution in [0, 0.1) is 17.0 Å². The van der Waals surface area contributed by atoms with E-state index in [0.29, 0.717) is 11.5 Å². The monoisotopic (exact) mass is 290 g/mol. The molecule has 2 aromatic rings. The van der Waals surface area contributed by atoms with Crippen LogP contribution in [-0.2, 0) is 0 Å². The summed E-state index contributed by atoms with van der Waals surface area (Å²) in [6.45, 7) is 1.90. The first-order chi connectivity index (χ1) is 10.0. The predicted molar refractivity (Wildman–Crippen MR) is 76.0 cm³/mol. The SMILES string of the molecule is CNc1ncc([N+](=O)[O-])c(Oc2ccc(C)cc2OC)n1. The summed E-state index contributed by atoms with van der Waals surface area (Å²) < 4.78 is 10.7. The van der Waals surface area contributed by atoms with Gasteiger partial charge in [0.15, 0.2) is 11.5 Å². The van der Waals surface area contributed by atoms with E-state index < -0.39 is 4.92 Å². The van der Waals surface area contributed by atoms with Gasteiger partial charge in [-0.2, -0.15) is 4.98 Å². The number of nitro groups is 1. The zero-order chi connectivity index (χ0) is 15.4. The number of aryl methyl sites for hydroxylation is 1. The Bertz CT molecular complexity index is 675. The highest BCUT2D eigenvalue weighted by Crippen LogP contribution is 2.35. The smallest absolute Gasteiger partial charge is 0.349 e. The van der Waals surface area contributed by atoms with Crippen molar-refractivity contribution in [1.29, 1.82) is 0 Å². The van der Waals surface area contributed by atoms with Crippen LogP contribution in [0.15, 0.2) is 24.4 Å². The minimum atomic E-state index is -0.602. The van der Waals surface area contributed by atoms with Crippen LogP contribution in [0.2, 0.25) is 0 Å². The molecule has 0 saturated carbocycles. The fourth-order valence-corrected chi connectivity index (χ4v) is 1.64. The second kappa shape index (κ2) is 6.04. The average molecular weight is 290 g/mol. The Morgan fingerprint density at radius 2 is 2.10 bits per heavy atom. The number of aromatic nitrogens is 2. The standard InChI is InChI=1S/C13H14N4O4/c1-8-4-5-10(11(6-8)20-3)21-12-9(17(18)19)7-15-13(14-2)16-12/h4-7H,1-3H3,(H,14,15,16). The minimum Gasteiger partial charge on any atom is -0.493 e. The Morgan fingerprint density at radius 1 is 1.33 bits per heavy atom. The third-order valence-corrected chi connectivity index (χ3v) is 2.68. The highest BCUT2D eigenvalue weighted by molar-refractivity contribution is 5.49. The molecule has 0 aliphatic rings. The molecule has 0 atom stereocenters. The molecule has 0 fully saturated rings. The largest absolute Gasteiger partial charge is 0.493 e. The Kier molecular flexibility index (Phi) is 4.17. The molecule has 1 aromatic carbocycles. The number of nitrogens with zero attached hydrogens (tertiary/aromatic N) is 3. The van der Waals surface area contributed by atoms with Gasteiger partial charge in [-0.05, 0) is 24.6 Å². The number of rotatable bonds is 5. The van der Waals surface area contributed by atoms with Crippen LogP contribution in [0.1, 0.15) is 5.56 Å². The molecule has 0 unspecified atom stereocenters. The van der Waals surface area contributed by atoms with Crippen molar-refractivity contribution in [2.75, 3.05) is 19.5 Å². The van der Waals surface area contributed by atoms with E-state index in [0.717, 1.165) is 11.8 Å². The molecular formula is C13H14N4O4. The third-order valence-electron chi connectivity index (χ3n) is 2.68. The van der Waals surface area contributed by atoms with Crippen LogP contribution >= 0.6 is 0 Å². The molecule has 0 aliphatic carbocycles. The number of benzene rings is 1. The summed E-state index contributed by atoms with van der Waals surface area (Å²) in [6.07, 6.45) is 1.09. The van der Waals surface area contributed by atoms with Crippen LogP contribution in [-0.4, -0.2) is 29.0 Å². The first-order valence-corrected chi connectivity index (χ1v) is 6.07. The maximum absolute atomic E-state index is 11.0. The maximum Gasteiger partial charge on any atom is 0.349 e. The second-order valence-corrected chi connectivity index (χ2v) is 4.15. The fraction of sp³-hybridized carbons (Fsp3) is 0.231. The minimum absolute atomic E-state index is 0.151. The van der Waals surface area contributed by atoms with Gasteiger partial charge in [-0.15, -0.1) is 0 Å². The Balaban J connectivity index is 2.45. The van der Waals surface area contributed by atoms with Gasteiger partial charge in [0.2, 0.25) is 5.95 Å². The van der Waals surface area contributed by atoms with Crippen molar-refractivity contribution >= 4 is 11.6 Å². The Labute approximate surface area is 120 Å². The van der Waals surface area contributed by atoms with Crippen molar-refractivity contribution in [3.8, 4) is 17.4 Å². The Morgan fingerprint density at radius 3 is 2.71 bits per heavy atom. The van der Waals surface area contributed by atoms with E-state index in [1.807, 2.05) is 13.0 Å². The molecule has 0 amide bonds. The summed E-state index contributed by atoms with van der Waals surface area (Å²) in [4.78, 5) is 18.2. The van der Waals surface area contributed by atoms with Crippen molar-refractivity contribution < 1.29 is 14.4 Å². The van der Waals surface area contributed by atoms with Crippen LogP contribution in [0.5, 0.6) is 17.4 Å². The zero-order valence-corrected chi connectivity index (χ0v) is 11.8. The average Bonchev–Trinajstić information content (AvgIpc) is 2.48. The summed E-state index contributed by atoms with van der Waals surface area (Å²) in [5.74, 6) is 0.879. The number of anilines is 1. The lowest BCUT2D eigenvalue weighted by Gasteiger charge is -2.10. The van der Waals surface area contributed by atoms with Gasteiger partial charge in [-0.3, -0.25) is 10.1 Å². The van der Waals surface area contributed by atoms with Crippen LogP contribution in [0.25, 0.3) is 0 Å². The van der Waals surface area contributed by atoms with Crippen LogP contribution < -0.4 is 14.8 Å². The molecule has 2 rings (SSSR count). The van der Waals surface area contributed by atoms with E-state index in [4.69, 9.17) is 9.47 Å². The number of nitrogens with one attached hydrogen (secondary N) is 1. The van der Waals surface area contributed by atoms with Crippen molar-refractivity contribution in [3.63, 3.8) is 0 Å². The molecular weight excluding hydrogens is 276 g/mol. The van der Waals surface area contributed by atoms with Gasteiger partial charge in [0, 0.05) is 7.05 Å². The van der Waals surface area contributed by atoms with Gasteiger partial charge in [0.05, 0.1) is 12.0 Å². The van der Waals surface area contributed by atoms with E-state index in [1.165, 1.54) is 7.11 Å². The molecule has 0 aliphatic heterocycles. The highest BCUT2D eigenvalue weighted by Gasteiger charge is 2.20. The lowest BCUT2D eigenvalue weighted by molar-refractivity contribution is -0.386. The lowest BCUT2D eigenvalue weighted by atomic mass is 10.2. The van der Waals surface area contributed by atoms with Crippen molar-refractivity contribution in [1.82, 2.24) is 9.97 Å². The number of hydrogen-bond donors (Lipinski definition) is 1. The molecule has 0 saturated heterocycles. The van der Waals surface area contributed by atoms with Gasteiger partial charge >= 0.3 is 11.6 Å². The molecule has 0 bridgehead atoms. The van der Waals surface area contributed by atoms with Gasteiger partial charge in [-0.1, -0.05) is 6.07 Å². The first kappa shape index (κ1) is 14.5. The first-order valence-electron chi connectivity index (χ1n) is 6.07. The van der Waals surface area contributed by atoms with E-state index in [1.54, 1.807) is 19.2 Å². The summed E-state index contributed by atoms with van der Waals surface area (Å²) in [5.41, 5.74) is 0.656. The molecule has 8 nitrogen and oxygen atoms in total. The number of ether oxygens (including phenoxy) is 2. The topological polar surface area (TPSA) is 99.4 Å². The summed E-state index contributed by atoms with van der Waals surface area (Å²) in [6, 6.07) is 5.24. The van der Waals surface area contributed by atoms with Gasteiger partial charge < -0.3 is 14.8 Å². The molecule has 110 valence electrons. The molecule has 0 radical (unpaired) electrons. The zero-order valence-electron chi connectivity index (χ0n) is 11.8. The van der Waals surface area contributed by atoms with Crippen LogP contribution in [0.4, 0.5) is 11.6 Å². The van der Waals surface area contributed by atoms with Crippen molar-refractivity contribution in [2.45, 2.75) is 6.92 Å². The summed E-state index contributed by atoms with van der Waals surface area (Å²) >= 11 is 0. The highest BCUT2D eigenvalue weighted by atomic mass is 16.6. The van der Waals surface area contributed by atoms with E-state index >= 15 is 0 Å². The van der Waals surface area contributed by atoms with E-state index in [-0.39, 0.29) is 17.5 Å². The van der Waals surface area contributed by atoms with E-state index in [9.17, 15) is 10.1 Å². The van der Waals surface area contributed by atoms with Gasteiger partial charge in [-0.25, -0.2) is 4.98 Å². The van der Waals surface area contributed by atoms with Gasteiger partial charge in [0.25, 0.3) is 0 Å². The molecule has 1 heterocycles. The number of methoxy groups -OCH3 is 1. The Hall–Kier alpha value is -2.90. The quantitative estimate of drug-likeness (QED) is 0.667. The second-order valence-electron chi connectivity index (χ2n) is 4.15. The molecule has 1 N–H and O–H groups in total. The summed E-state index contributed by atoms with van der Waals surface area (Å²) in [7, 11) is 3.10. The lowest BCUT2D eigenvalue weighted by Crippen LogP contribution is -2.02. The third kappa shape index (κ3) is 3.16. The van der Waals surface area contributed by atoms with Crippen molar-refractivity contribution in [2.24, 2.45) is 0 Å². The van der Waals surface area contributed by atoms with Gasteiger partial charge in [0.1, 0.15) is 6.20 Å². The van der Waals surface area contributed by atoms with Crippen LogP contribution in [0.3, 0.4) is 0 Å². The predicted octanol–water partition coefficient (Wildman–Crippen LogP) is 2.54. The molecule has 21 heavy (non-hydrogen) atoms. The molecule has 0 spiro atoms. The number of hydrogen-bond acceptors (Lipinski definition) is 7. The van der Waals surface area contributed by atoms with E-state index in [2.05, 4.69) is 15.3 Å². The fourth-order valence-electron chi connectivity index (χ4n) is 1.64. The van der Waals surface area contributed by atoms with Crippen molar-refractivity contribution in [3.05, 3.63) is 40.1 Å². The molecule has 1 aromatic heterocycles. The summed E-state index contributed by atoms with van der Waals surface area (Å²) in [5, 5.41) is 13.7.